The van der Waals surface area contributed by atoms with Crippen molar-refractivity contribution in [3.05, 3.63) is 87.1 Å². The van der Waals surface area contributed by atoms with E-state index in [1.807, 2.05) is 24.3 Å². The monoisotopic (exact) mass is 480 g/mol. The molecule has 0 saturated carbocycles. The van der Waals surface area contributed by atoms with Crippen LogP contribution in [0.4, 0.5) is 11.4 Å². The molecule has 4 nitrogen and oxygen atoms in total. The summed E-state index contributed by atoms with van der Waals surface area (Å²) in [4.78, 5) is 6.57. The van der Waals surface area contributed by atoms with Gasteiger partial charge in [0, 0.05) is 52.9 Å². The molecule has 0 saturated heterocycles. The summed E-state index contributed by atoms with van der Waals surface area (Å²) >= 11 is 1.58. The third-order valence-corrected chi connectivity index (χ3v) is 7.16. The normalized spacial score (nSPS) is 10.6. The second kappa shape index (κ2) is 12.6. The summed E-state index contributed by atoms with van der Waals surface area (Å²) in [5.41, 5.74) is 5.19. The van der Waals surface area contributed by atoms with Crippen molar-refractivity contribution in [2.24, 2.45) is 0 Å². The van der Waals surface area contributed by atoms with Gasteiger partial charge in [0.1, 0.15) is 17.7 Å². The molecule has 0 radical (unpaired) electrons. The lowest BCUT2D eigenvalue weighted by atomic mass is 9.99. The first-order valence-electron chi connectivity index (χ1n) is 12.1. The fourth-order valence-electron chi connectivity index (χ4n) is 4.11. The van der Waals surface area contributed by atoms with Crippen LogP contribution in [0, 0.1) is 22.7 Å². The second-order valence-electron chi connectivity index (χ2n) is 7.99. The average Bonchev–Trinajstić information content (AvgIpc) is 3.37. The molecular formula is C30H32N4S. The van der Waals surface area contributed by atoms with E-state index in [0.717, 1.165) is 52.7 Å². The second-order valence-corrected chi connectivity index (χ2v) is 9.11. The molecule has 0 unspecified atom stereocenters. The van der Waals surface area contributed by atoms with Gasteiger partial charge in [0.15, 0.2) is 0 Å². The Hall–Kier alpha value is -3.80. The van der Waals surface area contributed by atoms with Gasteiger partial charge in [-0.25, -0.2) is 0 Å². The maximum atomic E-state index is 9.64. The van der Waals surface area contributed by atoms with Gasteiger partial charge in [-0.05, 0) is 81.3 Å². The lowest BCUT2D eigenvalue weighted by Crippen LogP contribution is -2.21. The molecule has 0 spiro atoms. The molecule has 3 rings (SSSR count). The zero-order chi connectivity index (χ0) is 25.2. The molecule has 3 aromatic rings. The van der Waals surface area contributed by atoms with Crippen molar-refractivity contribution >= 4 is 40.4 Å². The van der Waals surface area contributed by atoms with E-state index < -0.39 is 0 Å². The van der Waals surface area contributed by atoms with Crippen molar-refractivity contribution in [3.63, 3.8) is 0 Å². The van der Waals surface area contributed by atoms with Crippen molar-refractivity contribution in [2.45, 2.75) is 27.7 Å². The highest BCUT2D eigenvalue weighted by molar-refractivity contribution is 7.14. The quantitative estimate of drug-likeness (QED) is 0.283. The van der Waals surface area contributed by atoms with Crippen molar-refractivity contribution in [1.29, 1.82) is 10.5 Å². The number of rotatable bonds is 10. The average molecular weight is 481 g/mol. The van der Waals surface area contributed by atoms with E-state index in [1.54, 1.807) is 11.3 Å². The fourth-order valence-corrected chi connectivity index (χ4v) is 5.10. The molecule has 1 heterocycles. The minimum Gasteiger partial charge on any atom is -0.372 e. The standard InChI is InChI=1S/C30H32N4S/c1-5-33(6-2)26-14-9-23(10-15-26)11-18-28-19-20-29(35-28)30(25(21-31)22-32)24-12-16-27(17-13-24)34(7-3)8-4/h9-20H,5-8H2,1-4H3/b18-11+. The first-order chi connectivity index (χ1) is 17.1. The van der Waals surface area contributed by atoms with Gasteiger partial charge in [-0.1, -0.05) is 30.3 Å². The molecule has 0 amide bonds. The van der Waals surface area contributed by atoms with Gasteiger partial charge < -0.3 is 9.80 Å². The number of benzene rings is 2. The lowest BCUT2D eigenvalue weighted by molar-refractivity contribution is 0.866. The van der Waals surface area contributed by atoms with Gasteiger partial charge in [-0.3, -0.25) is 0 Å². The van der Waals surface area contributed by atoms with Crippen LogP contribution in [0.25, 0.3) is 17.7 Å². The van der Waals surface area contributed by atoms with Crippen LogP contribution >= 0.6 is 11.3 Å². The smallest absolute Gasteiger partial charge is 0.138 e. The van der Waals surface area contributed by atoms with Crippen LogP contribution in [0.1, 0.15) is 48.6 Å². The van der Waals surface area contributed by atoms with Crippen molar-refractivity contribution in [2.75, 3.05) is 36.0 Å². The van der Waals surface area contributed by atoms with Crippen LogP contribution in [-0.4, -0.2) is 26.2 Å². The van der Waals surface area contributed by atoms with Gasteiger partial charge in [0.2, 0.25) is 0 Å². The molecule has 0 aliphatic rings. The van der Waals surface area contributed by atoms with Crippen LogP contribution < -0.4 is 9.80 Å². The molecule has 35 heavy (non-hydrogen) atoms. The molecule has 1 aromatic heterocycles. The van der Waals surface area contributed by atoms with E-state index in [4.69, 9.17) is 0 Å². The highest BCUT2D eigenvalue weighted by Crippen LogP contribution is 2.34. The summed E-state index contributed by atoms with van der Waals surface area (Å²) in [6.07, 6.45) is 4.18. The number of anilines is 2. The Morgan fingerprint density at radius 2 is 1.23 bits per heavy atom. The summed E-state index contributed by atoms with van der Waals surface area (Å²) < 4.78 is 0. The SMILES string of the molecule is CCN(CC)c1ccc(/C=C/c2ccc(C(=C(C#N)C#N)c3ccc(N(CC)CC)cc3)s2)cc1. The molecule has 0 bridgehead atoms. The number of nitrogens with zero attached hydrogens (tertiary/aromatic N) is 4. The zero-order valence-corrected chi connectivity index (χ0v) is 21.8. The van der Waals surface area contributed by atoms with Gasteiger partial charge in [-0.15, -0.1) is 11.3 Å². The Balaban J connectivity index is 1.87. The highest BCUT2D eigenvalue weighted by Gasteiger charge is 2.15. The molecular weight excluding hydrogens is 448 g/mol. The van der Waals surface area contributed by atoms with Gasteiger partial charge in [0.05, 0.1) is 0 Å². The van der Waals surface area contributed by atoms with E-state index in [1.165, 1.54) is 5.69 Å². The van der Waals surface area contributed by atoms with E-state index >= 15 is 0 Å². The highest BCUT2D eigenvalue weighted by atomic mass is 32.1. The Morgan fingerprint density at radius 3 is 1.71 bits per heavy atom. The zero-order valence-electron chi connectivity index (χ0n) is 21.0. The summed E-state index contributed by atoms with van der Waals surface area (Å²) in [6, 6.07) is 24.9. The Kier molecular flexibility index (Phi) is 9.30. The minimum atomic E-state index is 0.130. The van der Waals surface area contributed by atoms with Crippen LogP contribution in [0.15, 0.2) is 66.2 Å². The van der Waals surface area contributed by atoms with E-state index in [-0.39, 0.29) is 5.57 Å². The number of thiophene rings is 1. The van der Waals surface area contributed by atoms with Gasteiger partial charge >= 0.3 is 0 Å². The first kappa shape index (κ1) is 25.8. The van der Waals surface area contributed by atoms with Crippen LogP contribution in [0.2, 0.25) is 0 Å². The summed E-state index contributed by atoms with van der Waals surface area (Å²) in [7, 11) is 0. The molecule has 0 aliphatic heterocycles. The Bertz CT molecular complexity index is 1230. The van der Waals surface area contributed by atoms with E-state index in [9.17, 15) is 10.5 Å². The van der Waals surface area contributed by atoms with E-state index in [2.05, 4.69) is 98.2 Å². The van der Waals surface area contributed by atoms with Crippen molar-refractivity contribution < 1.29 is 0 Å². The maximum absolute atomic E-state index is 9.64. The Morgan fingerprint density at radius 1 is 0.714 bits per heavy atom. The number of hydrogen-bond donors (Lipinski definition) is 0. The number of nitriles is 2. The largest absolute Gasteiger partial charge is 0.372 e. The number of hydrogen-bond acceptors (Lipinski definition) is 5. The molecule has 0 aliphatic carbocycles. The van der Waals surface area contributed by atoms with Crippen LogP contribution in [0.3, 0.4) is 0 Å². The van der Waals surface area contributed by atoms with Crippen LogP contribution in [0.5, 0.6) is 0 Å². The fraction of sp³-hybridized carbons (Fsp3) is 0.267. The van der Waals surface area contributed by atoms with Crippen molar-refractivity contribution in [3.8, 4) is 12.1 Å². The summed E-state index contributed by atoms with van der Waals surface area (Å²) in [5, 5.41) is 19.3. The Labute approximate surface area is 213 Å². The third kappa shape index (κ3) is 6.21. The molecule has 2 aromatic carbocycles. The minimum absolute atomic E-state index is 0.130. The third-order valence-electron chi connectivity index (χ3n) is 6.09. The maximum Gasteiger partial charge on any atom is 0.138 e. The lowest BCUT2D eigenvalue weighted by Gasteiger charge is -2.21. The molecule has 0 N–H and O–H groups in total. The predicted octanol–water partition coefficient (Wildman–Crippen LogP) is 7.46. The molecule has 0 atom stereocenters. The van der Waals surface area contributed by atoms with E-state index in [0.29, 0.717) is 5.57 Å². The van der Waals surface area contributed by atoms with Crippen molar-refractivity contribution in [1.82, 2.24) is 0 Å². The molecule has 5 heteroatoms. The van der Waals surface area contributed by atoms with Crippen LogP contribution in [-0.2, 0) is 0 Å². The molecule has 178 valence electrons. The summed E-state index contributed by atoms with van der Waals surface area (Å²) in [6.45, 7) is 12.4. The molecule has 0 fully saturated rings. The van der Waals surface area contributed by atoms with Gasteiger partial charge in [-0.2, -0.15) is 10.5 Å². The summed E-state index contributed by atoms with van der Waals surface area (Å²) in [5.74, 6) is 0. The van der Waals surface area contributed by atoms with Gasteiger partial charge in [0.25, 0.3) is 0 Å². The predicted molar refractivity (Wildman–Crippen MR) is 151 cm³/mol. The first-order valence-corrected chi connectivity index (χ1v) is 12.9. The number of allylic oxidation sites excluding steroid dienone is 1. The topological polar surface area (TPSA) is 54.1 Å².